The van der Waals surface area contributed by atoms with Gasteiger partial charge in [-0.3, -0.25) is 28.9 Å². The molecule has 2 heterocycles. The summed E-state index contributed by atoms with van der Waals surface area (Å²) in [6.45, 7) is 0.958. The number of nitrogens with zero attached hydrogens (tertiary/aromatic N) is 2. The quantitative estimate of drug-likeness (QED) is 0.147. The van der Waals surface area contributed by atoms with Gasteiger partial charge in [0, 0.05) is 55.6 Å². The largest absolute Gasteiger partial charge is 0.480 e. The van der Waals surface area contributed by atoms with E-state index in [0.717, 1.165) is 21.6 Å². The monoisotopic (exact) mass is 626 g/mol. The number of anilines is 1. The molecule has 2 aromatic carbocycles. The molecule has 3 N–H and O–H groups in total. The number of carbonyl (C=O) groups excluding carboxylic acids is 5. The number of carbonyl (C=O) groups is 6. The number of carboxylic acid groups (broad SMARTS) is 1. The number of amides is 5. The Morgan fingerprint density at radius 2 is 1.48 bits per heavy atom. The van der Waals surface area contributed by atoms with Gasteiger partial charge in [0.25, 0.3) is 11.8 Å². The highest BCUT2D eigenvalue weighted by Crippen LogP contribution is 2.26. The van der Waals surface area contributed by atoms with Gasteiger partial charge in [0.05, 0.1) is 12.2 Å². The zero-order valence-corrected chi connectivity index (χ0v) is 25.6. The molecule has 1 atom stereocenters. The Kier molecular flexibility index (Phi) is 12.2. The van der Waals surface area contributed by atoms with Crippen molar-refractivity contribution in [1.82, 2.24) is 15.5 Å². The lowest BCUT2D eigenvalue weighted by Gasteiger charge is -2.26. The van der Waals surface area contributed by atoms with E-state index in [0.29, 0.717) is 50.9 Å². The van der Waals surface area contributed by atoms with Gasteiger partial charge < -0.3 is 20.6 Å². The fourth-order valence-corrected chi connectivity index (χ4v) is 5.26. The molecule has 0 saturated heterocycles. The maximum atomic E-state index is 13.3. The van der Waals surface area contributed by atoms with Crippen LogP contribution in [-0.2, 0) is 35.3 Å². The third-order valence-electron chi connectivity index (χ3n) is 7.80. The molecule has 0 aromatic heterocycles. The second-order valence-corrected chi connectivity index (χ2v) is 11.2. The minimum Gasteiger partial charge on any atom is -0.480 e. The van der Waals surface area contributed by atoms with E-state index in [9.17, 15) is 33.9 Å². The summed E-state index contributed by atoms with van der Waals surface area (Å²) in [5.41, 5.74) is 3.24. The predicted octanol–water partition coefficient (Wildman–Crippen LogP) is 3.05. The lowest BCUT2D eigenvalue weighted by Crippen LogP contribution is -2.40. The van der Waals surface area contributed by atoms with Crippen LogP contribution < -0.4 is 15.5 Å². The third-order valence-corrected chi connectivity index (χ3v) is 7.80. The standard InChI is InChI=1S/C35H38N4O7/c40-30(18-19-34(44)39-24-27-12-4-3-10-25(27)16-17-26-11-5-6-14-29(26)39)36-22-8-7-13-28(35(45)46)37-31(41)15-2-1-9-23-38-32(42)20-21-33(38)43/h3-6,10-12,14,20-21,28H,1-2,7-9,13,15,18-19,22-24H2,(H,36,40)(H,37,41)(H,45,46)/t28-/m0/s1. The normalized spacial score (nSPS) is 13.9. The number of rotatable bonds is 16. The molecule has 5 amide bonds. The second-order valence-electron chi connectivity index (χ2n) is 11.2. The first-order chi connectivity index (χ1) is 22.2. The molecule has 0 radical (unpaired) electrons. The fraction of sp³-hybridized carbons (Fsp3) is 0.371. The molecule has 4 rings (SSSR count). The number of aliphatic carboxylic acids is 1. The second kappa shape index (κ2) is 16.7. The zero-order chi connectivity index (χ0) is 32.9. The highest BCUT2D eigenvalue weighted by molar-refractivity contribution is 6.12. The van der Waals surface area contributed by atoms with Crippen LogP contribution in [0.15, 0.2) is 60.7 Å². The van der Waals surface area contributed by atoms with Crippen LogP contribution in [0.5, 0.6) is 0 Å². The van der Waals surface area contributed by atoms with Crippen LogP contribution in [0, 0.1) is 11.8 Å². The first kappa shape index (κ1) is 33.6. The van der Waals surface area contributed by atoms with Crippen molar-refractivity contribution in [3.05, 3.63) is 77.4 Å². The van der Waals surface area contributed by atoms with E-state index in [2.05, 4.69) is 22.5 Å². The van der Waals surface area contributed by atoms with Crippen molar-refractivity contribution in [1.29, 1.82) is 0 Å². The number of hydrogen-bond donors (Lipinski definition) is 3. The summed E-state index contributed by atoms with van der Waals surface area (Å²) in [5, 5.41) is 14.9. The van der Waals surface area contributed by atoms with Crippen LogP contribution in [-0.4, -0.2) is 64.6 Å². The van der Waals surface area contributed by atoms with Crippen molar-refractivity contribution >= 4 is 41.2 Å². The molecule has 0 aliphatic carbocycles. The maximum Gasteiger partial charge on any atom is 0.326 e. The molecule has 2 aliphatic heterocycles. The molecular weight excluding hydrogens is 588 g/mol. The highest BCUT2D eigenvalue weighted by Gasteiger charge is 2.24. The van der Waals surface area contributed by atoms with Crippen molar-refractivity contribution in [2.75, 3.05) is 18.0 Å². The van der Waals surface area contributed by atoms with Crippen molar-refractivity contribution in [2.45, 2.75) is 70.4 Å². The van der Waals surface area contributed by atoms with Crippen molar-refractivity contribution < 1.29 is 33.9 Å². The van der Waals surface area contributed by atoms with Gasteiger partial charge in [-0.2, -0.15) is 0 Å². The molecule has 11 heteroatoms. The van der Waals surface area contributed by atoms with E-state index in [1.807, 2.05) is 48.5 Å². The molecule has 2 aliphatic rings. The number of unbranched alkanes of at least 4 members (excludes halogenated alkanes) is 3. The van der Waals surface area contributed by atoms with Gasteiger partial charge in [0.2, 0.25) is 17.7 Å². The Bertz CT molecular complexity index is 1550. The van der Waals surface area contributed by atoms with Crippen LogP contribution in [0.25, 0.3) is 0 Å². The SMILES string of the molecule is O=C(CCC(=O)N1Cc2ccccc2C#Cc2ccccc21)NCCCC[C@H](NC(=O)CCCCCN1C(=O)C=CC1=O)C(=O)O. The number of hydrogen-bond acceptors (Lipinski definition) is 6. The number of nitrogens with one attached hydrogen (secondary N) is 2. The fourth-order valence-electron chi connectivity index (χ4n) is 5.26. The molecule has 46 heavy (non-hydrogen) atoms. The molecular formula is C35H38N4O7. The number of fused-ring (bicyclic) bond motifs is 2. The van der Waals surface area contributed by atoms with Gasteiger partial charge in [-0.1, -0.05) is 48.6 Å². The average Bonchev–Trinajstić information content (AvgIpc) is 3.36. The minimum atomic E-state index is -1.13. The van der Waals surface area contributed by atoms with Gasteiger partial charge in [0.1, 0.15) is 6.04 Å². The molecule has 0 bridgehead atoms. The van der Waals surface area contributed by atoms with Crippen LogP contribution >= 0.6 is 0 Å². The summed E-state index contributed by atoms with van der Waals surface area (Å²) in [4.78, 5) is 75.7. The molecule has 240 valence electrons. The summed E-state index contributed by atoms with van der Waals surface area (Å²) in [6, 6.07) is 14.1. The van der Waals surface area contributed by atoms with E-state index in [1.165, 1.54) is 12.2 Å². The van der Waals surface area contributed by atoms with E-state index < -0.39 is 12.0 Å². The number of para-hydroxylation sites is 1. The Morgan fingerprint density at radius 3 is 2.24 bits per heavy atom. The number of benzene rings is 2. The summed E-state index contributed by atoms with van der Waals surface area (Å²) < 4.78 is 0. The average molecular weight is 627 g/mol. The van der Waals surface area contributed by atoms with Crippen molar-refractivity contribution in [3.8, 4) is 11.8 Å². The van der Waals surface area contributed by atoms with Gasteiger partial charge in [-0.25, -0.2) is 4.79 Å². The van der Waals surface area contributed by atoms with Gasteiger partial charge in [-0.15, -0.1) is 0 Å². The maximum absolute atomic E-state index is 13.3. The Balaban J connectivity index is 1.12. The molecule has 0 saturated carbocycles. The molecule has 2 aromatic rings. The molecule has 11 nitrogen and oxygen atoms in total. The predicted molar refractivity (Wildman–Crippen MR) is 170 cm³/mol. The first-order valence-corrected chi connectivity index (χ1v) is 15.5. The van der Waals surface area contributed by atoms with E-state index >= 15 is 0 Å². The van der Waals surface area contributed by atoms with Gasteiger partial charge >= 0.3 is 5.97 Å². The molecule has 0 spiro atoms. The molecule has 0 fully saturated rings. The van der Waals surface area contributed by atoms with Crippen LogP contribution in [0.2, 0.25) is 0 Å². The van der Waals surface area contributed by atoms with Gasteiger partial charge in [0.15, 0.2) is 0 Å². The van der Waals surface area contributed by atoms with E-state index in [1.54, 1.807) is 4.90 Å². The number of imide groups is 1. The lowest BCUT2D eigenvalue weighted by atomic mass is 10.0. The smallest absolute Gasteiger partial charge is 0.326 e. The van der Waals surface area contributed by atoms with Crippen molar-refractivity contribution in [3.63, 3.8) is 0 Å². The summed E-state index contributed by atoms with van der Waals surface area (Å²) in [7, 11) is 0. The van der Waals surface area contributed by atoms with Crippen LogP contribution in [0.1, 0.15) is 74.5 Å². The minimum absolute atomic E-state index is 0.0141. The Labute approximate surface area is 268 Å². The third kappa shape index (κ3) is 9.63. The Morgan fingerprint density at radius 1 is 0.783 bits per heavy atom. The summed E-state index contributed by atoms with van der Waals surface area (Å²) in [6.07, 6.45) is 5.49. The summed E-state index contributed by atoms with van der Waals surface area (Å²) in [5.74, 6) is 3.70. The van der Waals surface area contributed by atoms with Gasteiger partial charge in [-0.05, 0) is 55.9 Å². The molecule has 0 unspecified atom stereocenters. The summed E-state index contributed by atoms with van der Waals surface area (Å²) >= 11 is 0. The number of carboxylic acids is 1. The lowest BCUT2D eigenvalue weighted by molar-refractivity contribution is -0.142. The van der Waals surface area contributed by atoms with E-state index in [4.69, 9.17) is 0 Å². The van der Waals surface area contributed by atoms with Crippen LogP contribution in [0.4, 0.5) is 5.69 Å². The topological polar surface area (TPSA) is 153 Å². The Hall–Kier alpha value is -5.24. The van der Waals surface area contributed by atoms with Crippen molar-refractivity contribution in [2.24, 2.45) is 0 Å². The zero-order valence-electron chi connectivity index (χ0n) is 25.6. The highest BCUT2D eigenvalue weighted by atomic mass is 16.4. The van der Waals surface area contributed by atoms with E-state index in [-0.39, 0.29) is 61.8 Å². The van der Waals surface area contributed by atoms with Crippen LogP contribution in [0.3, 0.4) is 0 Å². The first-order valence-electron chi connectivity index (χ1n) is 15.5.